The lowest BCUT2D eigenvalue weighted by Crippen LogP contribution is -2.50. The van der Waals surface area contributed by atoms with Gasteiger partial charge in [0.05, 0.1) is 4.90 Å². The van der Waals surface area contributed by atoms with Crippen molar-refractivity contribution < 1.29 is 8.42 Å². The van der Waals surface area contributed by atoms with E-state index in [-0.39, 0.29) is 4.90 Å². The molecule has 0 aliphatic heterocycles. The molecule has 0 aliphatic carbocycles. The predicted molar refractivity (Wildman–Crippen MR) is 113 cm³/mol. The first-order valence-corrected chi connectivity index (χ1v) is 10.7. The first-order valence-electron chi connectivity index (χ1n) is 8.49. The number of halogens is 2. The highest BCUT2D eigenvalue weighted by Crippen LogP contribution is 2.38. The lowest BCUT2D eigenvalue weighted by molar-refractivity contribution is 0.546. The molecule has 8 heteroatoms. The largest absolute Gasteiger partial charge is 0.351 e. The van der Waals surface area contributed by atoms with E-state index in [1.807, 2.05) is 13.0 Å². The fourth-order valence-corrected chi connectivity index (χ4v) is 4.33. The highest BCUT2D eigenvalue weighted by atomic mass is 35.5. The van der Waals surface area contributed by atoms with Crippen molar-refractivity contribution in [2.45, 2.75) is 22.3 Å². The molecule has 0 amide bonds. The molecule has 1 unspecified atom stereocenters. The Labute approximate surface area is 174 Å². The van der Waals surface area contributed by atoms with Gasteiger partial charge in [-0.3, -0.25) is 0 Å². The highest BCUT2D eigenvalue weighted by Gasteiger charge is 2.40. The fraction of sp³-hybridized carbons (Fsp3) is 0.150. The number of pyridine rings is 1. The number of alkyl halides is 2. The number of nitrogens with one attached hydrogen (secondary N) is 2. The third-order valence-corrected chi connectivity index (χ3v) is 6.39. The van der Waals surface area contributed by atoms with Gasteiger partial charge in [-0.25, -0.2) is 13.4 Å². The number of benzene rings is 2. The van der Waals surface area contributed by atoms with Crippen molar-refractivity contribution in [3.63, 3.8) is 0 Å². The summed E-state index contributed by atoms with van der Waals surface area (Å²) in [4.78, 5) is 4.29. The van der Waals surface area contributed by atoms with Crippen LogP contribution in [-0.2, 0) is 14.4 Å². The Morgan fingerprint density at radius 2 is 1.57 bits per heavy atom. The lowest BCUT2D eigenvalue weighted by atomic mass is 10.1. The van der Waals surface area contributed by atoms with Crippen LogP contribution >= 0.6 is 23.2 Å². The molecule has 0 saturated carbocycles. The quantitative estimate of drug-likeness (QED) is 0.425. The predicted octanol–water partition coefficient (Wildman–Crippen LogP) is 4.44. The topological polar surface area (TPSA) is 71.1 Å². The summed E-state index contributed by atoms with van der Waals surface area (Å²) < 4.78 is 26.8. The number of nitrogens with zero attached hydrogens (tertiary/aromatic N) is 1. The van der Waals surface area contributed by atoms with E-state index < -0.39 is 20.5 Å². The van der Waals surface area contributed by atoms with Gasteiger partial charge in [-0.1, -0.05) is 77.3 Å². The number of sulfonamides is 1. The minimum absolute atomic E-state index is 0.114. The molecule has 5 nitrogen and oxygen atoms in total. The van der Waals surface area contributed by atoms with Crippen LogP contribution in [-0.4, -0.2) is 19.6 Å². The molecule has 1 aromatic heterocycles. The summed E-state index contributed by atoms with van der Waals surface area (Å²) in [6, 6.07) is 20.6. The summed E-state index contributed by atoms with van der Waals surface area (Å²) in [7, 11) is -3.90. The molecule has 1 heterocycles. The molecular formula is C20H19Cl2N3O2S. The van der Waals surface area contributed by atoms with Gasteiger partial charge in [-0.15, -0.1) is 0 Å². The molecule has 1 atom stereocenters. The molecular weight excluding hydrogens is 417 g/mol. The molecule has 2 aromatic carbocycles. The molecule has 3 rings (SSSR count). The number of rotatable bonds is 7. The normalized spacial score (nSPS) is 13.1. The van der Waals surface area contributed by atoms with Crippen molar-refractivity contribution >= 4 is 39.0 Å². The second-order valence-corrected chi connectivity index (χ2v) is 9.32. The Bertz CT molecular complexity index is 1010. The molecule has 0 fully saturated rings. The minimum Gasteiger partial charge on any atom is -0.351 e. The van der Waals surface area contributed by atoms with Gasteiger partial charge in [0.25, 0.3) is 0 Å². The van der Waals surface area contributed by atoms with Crippen LogP contribution in [0.2, 0.25) is 0 Å². The molecule has 0 radical (unpaired) electrons. The molecule has 3 aromatic rings. The monoisotopic (exact) mass is 435 g/mol. The Hall–Kier alpha value is -2.12. The number of aryl methyl sites for hydroxylation is 1. The second-order valence-electron chi connectivity index (χ2n) is 6.22. The van der Waals surface area contributed by atoms with E-state index in [9.17, 15) is 8.42 Å². The zero-order valence-corrected chi connectivity index (χ0v) is 17.3. The Morgan fingerprint density at radius 1 is 0.929 bits per heavy atom. The third kappa shape index (κ3) is 4.83. The highest BCUT2D eigenvalue weighted by molar-refractivity contribution is 7.89. The van der Waals surface area contributed by atoms with Crippen LogP contribution in [0.4, 0.5) is 5.82 Å². The van der Waals surface area contributed by atoms with Crippen molar-refractivity contribution in [2.75, 3.05) is 5.32 Å². The Balaban J connectivity index is 1.97. The van der Waals surface area contributed by atoms with Gasteiger partial charge in [0.15, 0.2) is 4.33 Å². The Kier molecular flexibility index (Phi) is 6.25. The van der Waals surface area contributed by atoms with Gasteiger partial charge in [-0.05, 0) is 36.8 Å². The molecule has 0 aliphatic rings. The van der Waals surface area contributed by atoms with Crippen LogP contribution in [0, 0.1) is 6.92 Å². The smallest absolute Gasteiger partial charge is 0.242 e. The SMILES string of the molecule is Cc1ccc(S(=O)(=O)NC(Nc2ccccn2)C(Cl)(Cl)c2ccccc2)cc1. The molecule has 0 saturated heterocycles. The van der Waals surface area contributed by atoms with E-state index in [1.165, 1.54) is 12.1 Å². The summed E-state index contributed by atoms with van der Waals surface area (Å²) in [6.45, 7) is 1.88. The zero-order chi connectivity index (χ0) is 20.2. The fourth-order valence-electron chi connectivity index (χ4n) is 2.56. The molecule has 146 valence electrons. The second kappa shape index (κ2) is 8.49. The summed E-state index contributed by atoms with van der Waals surface area (Å²) in [5, 5.41) is 2.99. The first kappa shape index (κ1) is 20.6. The lowest BCUT2D eigenvalue weighted by Gasteiger charge is -2.32. The van der Waals surface area contributed by atoms with E-state index in [4.69, 9.17) is 23.2 Å². The van der Waals surface area contributed by atoms with Gasteiger partial charge in [0, 0.05) is 6.20 Å². The molecule has 0 bridgehead atoms. The standard InChI is InChI=1S/C20H19Cl2N3O2S/c1-15-10-12-17(13-11-15)28(26,27)25-19(24-18-9-5-6-14-23-18)20(21,22)16-7-3-2-4-8-16/h2-14,19,25H,1H3,(H,23,24). The van der Waals surface area contributed by atoms with Crippen LogP contribution in [0.25, 0.3) is 0 Å². The first-order chi connectivity index (χ1) is 13.3. The summed E-state index contributed by atoms with van der Waals surface area (Å²) in [5.74, 6) is 0.431. The maximum Gasteiger partial charge on any atom is 0.242 e. The Morgan fingerprint density at radius 3 is 2.18 bits per heavy atom. The number of hydrogen-bond acceptors (Lipinski definition) is 4. The average molecular weight is 436 g/mol. The minimum atomic E-state index is -3.90. The van der Waals surface area contributed by atoms with Crippen molar-refractivity contribution in [1.82, 2.24) is 9.71 Å². The molecule has 2 N–H and O–H groups in total. The van der Waals surface area contributed by atoms with Gasteiger partial charge in [0.1, 0.15) is 12.0 Å². The maximum absolute atomic E-state index is 12.9. The van der Waals surface area contributed by atoms with Gasteiger partial charge >= 0.3 is 0 Å². The van der Waals surface area contributed by atoms with Crippen LogP contribution in [0.1, 0.15) is 11.1 Å². The maximum atomic E-state index is 12.9. The van der Waals surface area contributed by atoms with E-state index in [0.29, 0.717) is 11.4 Å². The van der Waals surface area contributed by atoms with E-state index in [1.54, 1.807) is 60.8 Å². The van der Waals surface area contributed by atoms with Crippen LogP contribution < -0.4 is 10.0 Å². The summed E-state index contributed by atoms with van der Waals surface area (Å²) in [6.07, 6.45) is 0.500. The average Bonchev–Trinajstić information content (AvgIpc) is 2.69. The van der Waals surface area contributed by atoms with Crippen LogP contribution in [0.15, 0.2) is 83.9 Å². The number of hydrogen-bond donors (Lipinski definition) is 2. The van der Waals surface area contributed by atoms with Gasteiger partial charge in [0.2, 0.25) is 10.0 Å². The van der Waals surface area contributed by atoms with Gasteiger partial charge < -0.3 is 5.32 Å². The summed E-state index contributed by atoms with van der Waals surface area (Å²) >= 11 is 13.3. The number of aromatic nitrogens is 1. The van der Waals surface area contributed by atoms with Gasteiger partial charge in [-0.2, -0.15) is 4.72 Å². The van der Waals surface area contributed by atoms with Crippen LogP contribution in [0.5, 0.6) is 0 Å². The van der Waals surface area contributed by atoms with Crippen molar-refractivity contribution in [2.24, 2.45) is 0 Å². The van der Waals surface area contributed by atoms with Crippen molar-refractivity contribution in [3.05, 3.63) is 90.1 Å². The van der Waals surface area contributed by atoms with Crippen molar-refractivity contribution in [3.8, 4) is 0 Å². The molecule has 28 heavy (non-hydrogen) atoms. The van der Waals surface area contributed by atoms with Crippen LogP contribution in [0.3, 0.4) is 0 Å². The molecule has 0 spiro atoms. The summed E-state index contributed by atoms with van der Waals surface area (Å²) in [5.41, 5.74) is 1.49. The zero-order valence-electron chi connectivity index (χ0n) is 15.0. The van der Waals surface area contributed by atoms with E-state index in [2.05, 4.69) is 15.0 Å². The van der Waals surface area contributed by atoms with E-state index in [0.717, 1.165) is 5.56 Å². The number of anilines is 1. The van der Waals surface area contributed by atoms with Crippen molar-refractivity contribution in [1.29, 1.82) is 0 Å². The van der Waals surface area contributed by atoms with E-state index >= 15 is 0 Å². The third-order valence-electron chi connectivity index (χ3n) is 4.08.